The van der Waals surface area contributed by atoms with E-state index in [0.29, 0.717) is 11.1 Å². The lowest BCUT2D eigenvalue weighted by atomic mass is 9.96. The number of aromatic nitrogens is 2. The van der Waals surface area contributed by atoms with Gasteiger partial charge in [0.25, 0.3) is 0 Å². The molecule has 0 spiro atoms. The molecule has 0 aliphatic rings. The van der Waals surface area contributed by atoms with Crippen molar-refractivity contribution in [1.82, 2.24) is 9.13 Å². The largest absolute Gasteiger partial charge is 0.308 e. The fraction of sp³-hybridized carbons (Fsp3) is 0.0385. The van der Waals surface area contributed by atoms with E-state index in [2.05, 4.69) is 175 Å². The summed E-state index contributed by atoms with van der Waals surface area (Å²) in [4.78, 5) is 0. The van der Waals surface area contributed by atoms with Crippen LogP contribution >= 0.6 is 0 Å². The maximum atomic E-state index is 10.8. The number of fused-ring (bicyclic) bond motifs is 6. The molecule has 0 aliphatic heterocycles. The van der Waals surface area contributed by atoms with Crippen molar-refractivity contribution in [2.75, 3.05) is 0 Å². The molecule has 0 unspecified atom stereocenters. The summed E-state index contributed by atoms with van der Waals surface area (Å²) in [5.41, 5.74) is 15.7. The van der Waals surface area contributed by atoms with E-state index in [1.165, 1.54) is 11.1 Å². The van der Waals surface area contributed by atoms with Crippen molar-refractivity contribution < 1.29 is 0 Å². The first-order valence-corrected chi connectivity index (χ1v) is 18.8. The van der Waals surface area contributed by atoms with Gasteiger partial charge in [-0.3, -0.25) is 0 Å². The zero-order valence-corrected chi connectivity index (χ0v) is 31.0. The van der Waals surface area contributed by atoms with Crippen molar-refractivity contribution in [1.29, 1.82) is 10.5 Å². The molecule has 0 radical (unpaired) electrons. The van der Waals surface area contributed by atoms with Crippen molar-refractivity contribution in [3.8, 4) is 56.9 Å². The van der Waals surface area contributed by atoms with Crippen molar-refractivity contribution >= 4 is 43.6 Å². The standard InChI is InChI=1S/C52H34N4/c1-33-10-7-13-37(24-33)39-20-22-44-42-16-3-5-18-46(42)55(48(44)29-39)50-27-36(32-54)28-51(52(50)41-15-9-12-35(26-41)31-53)56-47-19-6-4-17-43(47)45-23-21-40(30-49(45)56)38-14-8-11-34(2)25-38/h3-30H,1-2H3. The molecule has 0 saturated heterocycles. The molecule has 8 aromatic carbocycles. The average molecular weight is 715 g/mol. The molecule has 10 rings (SSSR count). The number of para-hydroxylation sites is 2. The minimum atomic E-state index is 0.539. The van der Waals surface area contributed by atoms with Crippen molar-refractivity contribution in [2.24, 2.45) is 0 Å². The second-order valence-electron chi connectivity index (χ2n) is 14.6. The smallest absolute Gasteiger partial charge is 0.0993 e. The Balaban J connectivity index is 1.37. The Kier molecular flexibility index (Phi) is 7.66. The van der Waals surface area contributed by atoms with E-state index >= 15 is 0 Å². The summed E-state index contributed by atoms with van der Waals surface area (Å²) in [5.74, 6) is 0. The molecule has 10 aromatic rings. The molecule has 0 amide bonds. The Morgan fingerprint density at radius 2 is 0.804 bits per heavy atom. The quantitative estimate of drug-likeness (QED) is 0.178. The minimum absolute atomic E-state index is 0.539. The van der Waals surface area contributed by atoms with Crippen molar-refractivity contribution in [3.05, 3.63) is 192 Å². The first kappa shape index (κ1) is 32.9. The van der Waals surface area contributed by atoms with Crippen LogP contribution in [0.3, 0.4) is 0 Å². The molecule has 0 bridgehead atoms. The van der Waals surface area contributed by atoms with Crippen molar-refractivity contribution in [3.63, 3.8) is 0 Å². The zero-order chi connectivity index (χ0) is 37.9. The number of nitriles is 2. The Labute approximate surface area is 325 Å². The molecule has 2 aromatic heterocycles. The van der Waals surface area contributed by atoms with Crippen LogP contribution in [0.25, 0.3) is 88.4 Å². The highest BCUT2D eigenvalue weighted by Gasteiger charge is 2.24. The normalized spacial score (nSPS) is 11.4. The van der Waals surface area contributed by atoms with E-state index in [1.54, 1.807) is 0 Å². The second-order valence-corrected chi connectivity index (χ2v) is 14.6. The number of hydrogen-bond donors (Lipinski definition) is 0. The molecule has 0 aliphatic carbocycles. The SMILES string of the molecule is Cc1cccc(-c2ccc3c4ccccc4n(-c4cc(C#N)cc(-n5c6ccccc6c6ccc(-c7cccc(C)c7)cc65)c4-c4cccc(C#N)c4)c3c2)c1. The van der Waals surface area contributed by atoms with Gasteiger partial charge in [-0.25, -0.2) is 0 Å². The molecule has 0 N–H and O–H groups in total. The first-order valence-electron chi connectivity index (χ1n) is 18.8. The summed E-state index contributed by atoms with van der Waals surface area (Å²) in [6.07, 6.45) is 0. The van der Waals surface area contributed by atoms with E-state index in [9.17, 15) is 10.5 Å². The van der Waals surface area contributed by atoms with Crippen LogP contribution < -0.4 is 0 Å². The third-order valence-corrected chi connectivity index (χ3v) is 11.0. The van der Waals surface area contributed by atoms with Gasteiger partial charge in [-0.1, -0.05) is 132 Å². The highest BCUT2D eigenvalue weighted by molar-refractivity contribution is 6.13. The van der Waals surface area contributed by atoms with Crippen LogP contribution in [0.1, 0.15) is 22.3 Å². The fourth-order valence-electron chi connectivity index (χ4n) is 8.54. The third-order valence-electron chi connectivity index (χ3n) is 11.0. The summed E-state index contributed by atoms with van der Waals surface area (Å²) >= 11 is 0. The molecule has 262 valence electrons. The predicted octanol–water partition coefficient (Wildman–Crippen LogP) is 13.2. The summed E-state index contributed by atoms with van der Waals surface area (Å²) in [7, 11) is 0. The van der Waals surface area contributed by atoms with Crippen LogP contribution in [-0.4, -0.2) is 9.13 Å². The molecule has 0 saturated carbocycles. The summed E-state index contributed by atoms with van der Waals surface area (Å²) < 4.78 is 4.63. The number of hydrogen-bond acceptors (Lipinski definition) is 2. The molecular weight excluding hydrogens is 681 g/mol. The minimum Gasteiger partial charge on any atom is -0.308 e. The molecular formula is C52H34N4. The number of aryl methyl sites for hydroxylation is 2. The Morgan fingerprint density at radius 3 is 1.30 bits per heavy atom. The maximum Gasteiger partial charge on any atom is 0.0993 e. The van der Waals surface area contributed by atoms with Crippen LogP contribution in [0.2, 0.25) is 0 Å². The topological polar surface area (TPSA) is 57.4 Å². The highest BCUT2D eigenvalue weighted by Crippen LogP contribution is 2.44. The first-order chi connectivity index (χ1) is 27.5. The van der Waals surface area contributed by atoms with E-state index in [4.69, 9.17) is 0 Å². The van der Waals surface area contributed by atoms with Crippen LogP contribution in [0, 0.1) is 36.5 Å². The fourth-order valence-corrected chi connectivity index (χ4v) is 8.54. The van der Waals surface area contributed by atoms with Gasteiger partial charge in [0.15, 0.2) is 0 Å². The molecule has 56 heavy (non-hydrogen) atoms. The van der Waals surface area contributed by atoms with Gasteiger partial charge in [0, 0.05) is 27.1 Å². The number of rotatable bonds is 5. The predicted molar refractivity (Wildman–Crippen MR) is 230 cm³/mol. The lowest BCUT2D eigenvalue weighted by Gasteiger charge is -2.21. The average Bonchev–Trinajstić information content (AvgIpc) is 3.75. The van der Waals surface area contributed by atoms with Crippen LogP contribution in [0.5, 0.6) is 0 Å². The van der Waals surface area contributed by atoms with Crippen LogP contribution in [0.4, 0.5) is 0 Å². The monoisotopic (exact) mass is 714 g/mol. The zero-order valence-electron chi connectivity index (χ0n) is 31.0. The molecule has 2 heterocycles. The maximum absolute atomic E-state index is 10.8. The van der Waals surface area contributed by atoms with E-state index in [1.807, 2.05) is 30.3 Å². The third kappa shape index (κ3) is 5.28. The van der Waals surface area contributed by atoms with Crippen LogP contribution in [0.15, 0.2) is 170 Å². The van der Waals surface area contributed by atoms with Gasteiger partial charge in [-0.05, 0) is 90.2 Å². The summed E-state index contributed by atoms with van der Waals surface area (Å²) in [6, 6.07) is 64.3. The molecule has 4 nitrogen and oxygen atoms in total. The van der Waals surface area contributed by atoms with E-state index in [-0.39, 0.29) is 0 Å². The summed E-state index contributed by atoms with van der Waals surface area (Å²) in [5, 5.41) is 25.5. The molecule has 4 heteroatoms. The Morgan fingerprint density at radius 1 is 0.357 bits per heavy atom. The van der Waals surface area contributed by atoms with Crippen molar-refractivity contribution in [2.45, 2.75) is 13.8 Å². The van der Waals surface area contributed by atoms with Gasteiger partial charge in [-0.15, -0.1) is 0 Å². The van der Waals surface area contributed by atoms with E-state index < -0.39 is 0 Å². The number of nitrogens with zero attached hydrogens (tertiary/aromatic N) is 4. The van der Waals surface area contributed by atoms with Gasteiger partial charge in [0.1, 0.15) is 0 Å². The summed E-state index contributed by atoms with van der Waals surface area (Å²) in [6.45, 7) is 4.24. The molecule has 0 atom stereocenters. The Bertz CT molecular complexity index is 3120. The molecule has 0 fully saturated rings. The number of benzene rings is 8. The lowest BCUT2D eigenvalue weighted by molar-refractivity contribution is 1.13. The van der Waals surface area contributed by atoms with Gasteiger partial charge in [0.2, 0.25) is 0 Å². The highest BCUT2D eigenvalue weighted by atomic mass is 15.0. The van der Waals surface area contributed by atoms with Crippen LogP contribution in [-0.2, 0) is 0 Å². The van der Waals surface area contributed by atoms with Gasteiger partial charge in [0.05, 0.1) is 56.7 Å². The van der Waals surface area contributed by atoms with E-state index in [0.717, 1.165) is 88.4 Å². The van der Waals surface area contributed by atoms with Gasteiger partial charge >= 0.3 is 0 Å². The Hall–Kier alpha value is -7.66. The second kappa shape index (κ2) is 13.0. The van der Waals surface area contributed by atoms with Gasteiger partial charge < -0.3 is 9.13 Å². The lowest BCUT2D eigenvalue weighted by Crippen LogP contribution is -2.05. The van der Waals surface area contributed by atoms with Gasteiger partial charge in [-0.2, -0.15) is 10.5 Å².